The van der Waals surface area contributed by atoms with Crippen LogP contribution in [0.5, 0.6) is 0 Å². The summed E-state index contributed by atoms with van der Waals surface area (Å²) in [6.07, 6.45) is 1.39. The zero-order valence-corrected chi connectivity index (χ0v) is 8.68. The van der Waals surface area contributed by atoms with E-state index in [4.69, 9.17) is 0 Å². The summed E-state index contributed by atoms with van der Waals surface area (Å²) in [6, 6.07) is 3.00. The average Bonchev–Trinajstić information content (AvgIpc) is 2.01. The molecule has 2 atom stereocenters. The monoisotopic (exact) mass is 233 g/mol. The van der Waals surface area contributed by atoms with Gasteiger partial charge < -0.3 is 9.11 Å². The van der Waals surface area contributed by atoms with E-state index in [0.717, 1.165) is 0 Å². The van der Waals surface area contributed by atoms with Gasteiger partial charge in [-0.15, -0.1) is 0 Å². The molecule has 1 aromatic rings. The molecule has 0 aliphatic carbocycles. The number of hydrogen-bond donors (Lipinski definition) is 0. The number of aromatic nitrogens is 1. The summed E-state index contributed by atoms with van der Waals surface area (Å²) in [4.78, 5) is 3.79. The molecule has 0 aliphatic rings. The average molecular weight is 233 g/mol. The Balaban J connectivity index is 2.78. The molecule has 1 rings (SSSR count). The molecular weight excluding hydrogens is 226 g/mol. The summed E-state index contributed by atoms with van der Waals surface area (Å²) in [5.41, 5.74) is 0.884. The zero-order chi connectivity index (χ0) is 10.6. The molecule has 0 aromatic carbocycles. The summed E-state index contributed by atoms with van der Waals surface area (Å²) in [5.74, 6) is -0.319. The lowest BCUT2D eigenvalue weighted by atomic mass is 10.2. The van der Waals surface area contributed by atoms with Crippen LogP contribution in [0.1, 0.15) is 11.3 Å². The van der Waals surface area contributed by atoms with Crippen LogP contribution in [0, 0.1) is 0 Å². The van der Waals surface area contributed by atoms with Crippen molar-refractivity contribution in [3.63, 3.8) is 0 Å². The number of nitrogens with zero attached hydrogens (tertiary/aromatic N) is 1. The summed E-state index contributed by atoms with van der Waals surface area (Å²) >= 11 is -4.37. The predicted octanol–water partition coefficient (Wildman–Crippen LogP) is -0.160. The van der Waals surface area contributed by atoms with Gasteiger partial charge in [0.2, 0.25) is 0 Å². The van der Waals surface area contributed by atoms with Gasteiger partial charge in [-0.3, -0.25) is 13.4 Å². The van der Waals surface area contributed by atoms with Crippen LogP contribution >= 0.6 is 0 Å². The van der Waals surface area contributed by atoms with Gasteiger partial charge in [-0.05, 0) is 28.8 Å². The van der Waals surface area contributed by atoms with Crippen molar-refractivity contribution in [2.45, 2.75) is 11.5 Å². The van der Waals surface area contributed by atoms with Gasteiger partial charge >= 0.3 is 0 Å². The van der Waals surface area contributed by atoms with E-state index in [1.54, 1.807) is 0 Å². The van der Waals surface area contributed by atoms with E-state index >= 15 is 0 Å². The second-order valence-corrected chi connectivity index (χ2v) is 4.34. The fraction of sp³-hybridized carbons (Fsp3) is 0.286. The van der Waals surface area contributed by atoms with E-state index in [1.165, 1.54) is 18.3 Å². The van der Waals surface area contributed by atoms with Crippen molar-refractivity contribution >= 4 is 22.2 Å². The summed E-state index contributed by atoms with van der Waals surface area (Å²) < 4.78 is 41.4. The minimum atomic E-state index is -2.20. The van der Waals surface area contributed by atoms with Crippen molar-refractivity contribution in [3.05, 3.63) is 29.6 Å². The standard InChI is InChI=1S/C7H9NO4S2/c9-13(10)4-6-1-2-8-7(3-6)5-14(11)12/h1-3H,4-5H2,(H,9,10)(H,11,12)/p-2. The zero-order valence-electron chi connectivity index (χ0n) is 7.04. The fourth-order valence-corrected chi connectivity index (χ4v) is 1.80. The Labute approximate surface area is 86.1 Å². The van der Waals surface area contributed by atoms with Crippen molar-refractivity contribution < 1.29 is 17.5 Å². The minimum absolute atomic E-state index is 0.124. The predicted molar refractivity (Wildman–Crippen MR) is 49.5 cm³/mol. The largest absolute Gasteiger partial charge is 0.772 e. The number of rotatable bonds is 4. The van der Waals surface area contributed by atoms with Crippen molar-refractivity contribution in [1.82, 2.24) is 4.98 Å². The minimum Gasteiger partial charge on any atom is -0.772 e. The summed E-state index contributed by atoms with van der Waals surface area (Å²) in [6.45, 7) is 0. The molecule has 0 radical (unpaired) electrons. The first-order valence-electron chi connectivity index (χ1n) is 3.63. The van der Waals surface area contributed by atoms with Crippen LogP contribution in [-0.2, 0) is 33.7 Å². The highest BCUT2D eigenvalue weighted by molar-refractivity contribution is 7.78. The maximum atomic E-state index is 10.4. The van der Waals surface area contributed by atoms with Gasteiger partial charge in [0.15, 0.2) is 0 Å². The molecular formula is C7H7NO4S2-2. The van der Waals surface area contributed by atoms with Crippen molar-refractivity contribution in [2.75, 3.05) is 0 Å². The molecule has 0 amide bonds. The molecule has 0 fully saturated rings. The lowest BCUT2D eigenvalue weighted by Crippen LogP contribution is -1.99. The Morgan fingerprint density at radius 1 is 1.21 bits per heavy atom. The Morgan fingerprint density at radius 3 is 2.43 bits per heavy atom. The van der Waals surface area contributed by atoms with Crippen LogP contribution in [0.2, 0.25) is 0 Å². The second-order valence-electron chi connectivity index (χ2n) is 2.55. The van der Waals surface area contributed by atoms with Crippen LogP contribution in [0.15, 0.2) is 18.3 Å². The first kappa shape index (κ1) is 11.4. The smallest absolute Gasteiger partial charge is 0.0526 e. The third-order valence-electron chi connectivity index (χ3n) is 1.43. The van der Waals surface area contributed by atoms with Crippen LogP contribution in [-0.4, -0.2) is 22.5 Å². The molecule has 2 unspecified atom stereocenters. The van der Waals surface area contributed by atoms with Crippen LogP contribution < -0.4 is 0 Å². The molecule has 0 saturated carbocycles. The molecule has 5 nitrogen and oxygen atoms in total. The van der Waals surface area contributed by atoms with E-state index in [-0.39, 0.29) is 11.5 Å². The van der Waals surface area contributed by atoms with Crippen LogP contribution in [0.4, 0.5) is 0 Å². The molecule has 1 aromatic heterocycles. The van der Waals surface area contributed by atoms with Gasteiger partial charge in [-0.2, -0.15) is 0 Å². The van der Waals surface area contributed by atoms with Crippen LogP contribution in [0.3, 0.4) is 0 Å². The van der Waals surface area contributed by atoms with Crippen LogP contribution in [0.25, 0.3) is 0 Å². The first-order valence-corrected chi connectivity index (χ1v) is 6.12. The van der Waals surface area contributed by atoms with E-state index in [1.807, 2.05) is 0 Å². The van der Waals surface area contributed by atoms with Crippen molar-refractivity contribution in [2.24, 2.45) is 0 Å². The van der Waals surface area contributed by atoms with Gasteiger partial charge in [0.25, 0.3) is 0 Å². The fourth-order valence-electron chi connectivity index (χ4n) is 0.954. The molecule has 0 aliphatic heterocycles. The Kier molecular flexibility index (Phi) is 4.33. The maximum Gasteiger partial charge on any atom is 0.0526 e. The summed E-state index contributed by atoms with van der Waals surface area (Å²) in [5, 5.41) is 0. The molecule has 0 N–H and O–H groups in total. The highest BCUT2D eigenvalue weighted by Gasteiger charge is 1.97. The highest BCUT2D eigenvalue weighted by Crippen LogP contribution is 2.05. The molecule has 14 heavy (non-hydrogen) atoms. The Bertz CT molecular complexity index is 337. The van der Waals surface area contributed by atoms with Crippen molar-refractivity contribution in [3.8, 4) is 0 Å². The number of hydrogen-bond acceptors (Lipinski definition) is 5. The lowest BCUT2D eigenvalue weighted by Gasteiger charge is -2.07. The molecule has 78 valence electrons. The number of pyridine rings is 1. The van der Waals surface area contributed by atoms with E-state index in [0.29, 0.717) is 11.3 Å². The first-order chi connectivity index (χ1) is 6.58. The lowest BCUT2D eigenvalue weighted by molar-refractivity contribution is 0.535. The van der Waals surface area contributed by atoms with Gasteiger partial charge in [-0.1, -0.05) is 11.1 Å². The second kappa shape index (κ2) is 5.30. The molecule has 0 saturated heterocycles. The molecule has 7 heteroatoms. The summed E-state index contributed by atoms with van der Waals surface area (Å²) in [7, 11) is 0. The van der Waals surface area contributed by atoms with Gasteiger partial charge in [0.05, 0.1) is 11.4 Å². The SMILES string of the molecule is O=S([O-])Cc1ccnc(CS(=O)[O-])c1. The Morgan fingerprint density at radius 2 is 1.86 bits per heavy atom. The topological polar surface area (TPSA) is 93.2 Å². The van der Waals surface area contributed by atoms with Crippen molar-refractivity contribution in [1.29, 1.82) is 0 Å². The maximum absolute atomic E-state index is 10.4. The molecule has 0 spiro atoms. The highest BCUT2D eigenvalue weighted by atomic mass is 32.2. The molecule has 1 heterocycles. The van der Waals surface area contributed by atoms with E-state index in [9.17, 15) is 17.5 Å². The third-order valence-corrected chi connectivity index (χ3v) is 2.53. The Hall–Kier alpha value is -0.630. The van der Waals surface area contributed by atoms with Gasteiger partial charge in [0, 0.05) is 11.9 Å². The molecule has 0 bridgehead atoms. The van der Waals surface area contributed by atoms with Gasteiger partial charge in [0.1, 0.15) is 0 Å². The van der Waals surface area contributed by atoms with Gasteiger partial charge in [-0.25, -0.2) is 0 Å². The van der Waals surface area contributed by atoms with E-state index < -0.39 is 22.2 Å². The van der Waals surface area contributed by atoms with E-state index in [2.05, 4.69) is 4.98 Å². The normalized spacial score (nSPS) is 15.0. The quantitative estimate of drug-likeness (QED) is 0.673. The third kappa shape index (κ3) is 4.05.